The number of nitrogens with one attached hydrogen (secondary N) is 1. The van der Waals surface area contributed by atoms with Crippen LogP contribution in [0, 0.1) is 32.4 Å². The van der Waals surface area contributed by atoms with Crippen LogP contribution in [0.15, 0.2) is 34.9 Å². The van der Waals surface area contributed by atoms with Gasteiger partial charge in [-0.2, -0.15) is 0 Å². The first-order valence-corrected chi connectivity index (χ1v) is 8.16. The first-order chi connectivity index (χ1) is 12.3. The number of hydrogen-bond donors (Lipinski definition) is 1. The van der Waals surface area contributed by atoms with Crippen LogP contribution in [-0.4, -0.2) is 15.6 Å². The lowest BCUT2D eigenvalue weighted by Crippen LogP contribution is -2.27. The van der Waals surface area contributed by atoms with Crippen molar-refractivity contribution in [2.45, 2.75) is 33.7 Å². The van der Waals surface area contributed by atoms with Crippen LogP contribution in [0.25, 0.3) is 5.82 Å². The lowest BCUT2D eigenvalue weighted by Gasteiger charge is -2.15. The summed E-state index contributed by atoms with van der Waals surface area (Å²) in [6, 6.07) is 6.65. The molecule has 3 rings (SSSR count). The Labute approximate surface area is 149 Å². The summed E-state index contributed by atoms with van der Waals surface area (Å²) in [5.41, 5.74) is 2.52. The Bertz CT molecular complexity index is 975. The zero-order valence-electron chi connectivity index (χ0n) is 14.9. The van der Waals surface area contributed by atoms with Gasteiger partial charge in [0, 0.05) is 17.5 Å². The van der Waals surface area contributed by atoms with Crippen LogP contribution in [0.4, 0.5) is 8.78 Å². The van der Waals surface area contributed by atoms with Crippen molar-refractivity contribution in [1.82, 2.24) is 15.0 Å². The lowest BCUT2D eigenvalue weighted by atomic mass is 10.1. The Balaban J connectivity index is 1.85. The maximum atomic E-state index is 13.4. The molecule has 2 heterocycles. The molecule has 1 unspecified atom stereocenters. The standard InChI is InChI=1S/C19H19F2N3O2/c1-10-7-15(13(4)24(10)18-8-11(2)26-23-18)19(25)22-12(3)14-5-6-16(20)17(21)9-14/h5-9,12H,1-4H3,(H,22,25). The zero-order valence-corrected chi connectivity index (χ0v) is 14.9. The molecule has 0 fully saturated rings. The maximum absolute atomic E-state index is 13.4. The molecule has 26 heavy (non-hydrogen) atoms. The number of aryl methyl sites for hydroxylation is 2. The van der Waals surface area contributed by atoms with Gasteiger partial charge in [-0.15, -0.1) is 0 Å². The van der Waals surface area contributed by atoms with E-state index in [1.54, 1.807) is 26.0 Å². The molecule has 0 saturated heterocycles. The van der Waals surface area contributed by atoms with E-state index in [0.29, 0.717) is 28.4 Å². The van der Waals surface area contributed by atoms with Crippen LogP contribution >= 0.6 is 0 Å². The molecule has 3 aromatic rings. The van der Waals surface area contributed by atoms with E-state index in [0.717, 1.165) is 17.8 Å². The lowest BCUT2D eigenvalue weighted by molar-refractivity contribution is 0.0939. The fraction of sp³-hybridized carbons (Fsp3) is 0.263. The molecule has 5 nitrogen and oxygen atoms in total. The van der Waals surface area contributed by atoms with Crippen molar-refractivity contribution < 1.29 is 18.1 Å². The molecule has 0 aliphatic carbocycles. The van der Waals surface area contributed by atoms with Crippen LogP contribution in [0.2, 0.25) is 0 Å². The van der Waals surface area contributed by atoms with Gasteiger partial charge in [-0.25, -0.2) is 8.78 Å². The van der Waals surface area contributed by atoms with E-state index in [1.165, 1.54) is 6.07 Å². The van der Waals surface area contributed by atoms with Gasteiger partial charge in [0.25, 0.3) is 5.91 Å². The molecule has 1 aromatic carbocycles. The van der Waals surface area contributed by atoms with Crippen molar-refractivity contribution in [3.05, 3.63) is 70.2 Å². The highest BCUT2D eigenvalue weighted by molar-refractivity contribution is 5.96. The third-order valence-corrected chi connectivity index (χ3v) is 4.31. The molecule has 0 spiro atoms. The Morgan fingerprint density at radius 2 is 1.88 bits per heavy atom. The molecule has 0 radical (unpaired) electrons. The first-order valence-electron chi connectivity index (χ1n) is 8.16. The number of aromatic nitrogens is 2. The molecule has 1 atom stereocenters. The minimum Gasteiger partial charge on any atom is -0.360 e. The molecule has 136 valence electrons. The third kappa shape index (κ3) is 3.24. The topological polar surface area (TPSA) is 60.1 Å². The van der Waals surface area contributed by atoms with Gasteiger partial charge in [-0.3, -0.25) is 9.36 Å². The summed E-state index contributed by atoms with van der Waals surface area (Å²) in [6.07, 6.45) is 0. The highest BCUT2D eigenvalue weighted by atomic mass is 19.2. The van der Waals surface area contributed by atoms with E-state index in [4.69, 9.17) is 4.52 Å². The Morgan fingerprint density at radius 3 is 2.50 bits per heavy atom. The van der Waals surface area contributed by atoms with Crippen molar-refractivity contribution in [2.24, 2.45) is 0 Å². The van der Waals surface area contributed by atoms with E-state index in [2.05, 4.69) is 10.5 Å². The molecule has 2 aromatic heterocycles. The summed E-state index contributed by atoms with van der Waals surface area (Å²) in [4.78, 5) is 12.7. The van der Waals surface area contributed by atoms with Gasteiger partial charge in [0.15, 0.2) is 17.5 Å². The molecule has 7 heteroatoms. The number of carbonyl (C=O) groups is 1. The fourth-order valence-electron chi connectivity index (χ4n) is 2.94. The highest BCUT2D eigenvalue weighted by Gasteiger charge is 2.20. The van der Waals surface area contributed by atoms with E-state index in [1.807, 2.05) is 18.4 Å². The Hall–Kier alpha value is -2.96. The highest BCUT2D eigenvalue weighted by Crippen LogP contribution is 2.22. The van der Waals surface area contributed by atoms with Crippen molar-refractivity contribution in [3.8, 4) is 5.82 Å². The smallest absolute Gasteiger partial charge is 0.253 e. The zero-order chi connectivity index (χ0) is 19.0. The van der Waals surface area contributed by atoms with Crippen molar-refractivity contribution in [2.75, 3.05) is 0 Å². The Kier molecular flexibility index (Phi) is 4.63. The van der Waals surface area contributed by atoms with Gasteiger partial charge in [-0.05, 0) is 51.5 Å². The summed E-state index contributed by atoms with van der Waals surface area (Å²) in [5.74, 6) is -0.889. The Morgan fingerprint density at radius 1 is 1.15 bits per heavy atom. The van der Waals surface area contributed by atoms with Gasteiger partial charge < -0.3 is 9.84 Å². The molecule has 0 saturated carbocycles. The summed E-state index contributed by atoms with van der Waals surface area (Å²) >= 11 is 0. The van der Waals surface area contributed by atoms with Crippen LogP contribution in [0.5, 0.6) is 0 Å². The van der Waals surface area contributed by atoms with Gasteiger partial charge >= 0.3 is 0 Å². The third-order valence-electron chi connectivity index (χ3n) is 4.31. The number of carbonyl (C=O) groups excluding carboxylic acids is 1. The number of amides is 1. The number of halogens is 2. The number of benzene rings is 1. The van der Waals surface area contributed by atoms with E-state index < -0.39 is 17.7 Å². The molecular weight excluding hydrogens is 340 g/mol. The maximum Gasteiger partial charge on any atom is 0.253 e. The predicted octanol–water partition coefficient (Wildman–Crippen LogP) is 4.16. The monoisotopic (exact) mass is 359 g/mol. The van der Waals surface area contributed by atoms with Crippen LogP contribution in [0.1, 0.15) is 46.0 Å². The number of rotatable bonds is 4. The van der Waals surface area contributed by atoms with Gasteiger partial charge in [-0.1, -0.05) is 11.2 Å². The van der Waals surface area contributed by atoms with Crippen molar-refractivity contribution in [1.29, 1.82) is 0 Å². The number of nitrogens with zero attached hydrogens (tertiary/aromatic N) is 2. The molecule has 1 amide bonds. The quantitative estimate of drug-likeness (QED) is 0.761. The molecule has 1 N–H and O–H groups in total. The van der Waals surface area contributed by atoms with Crippen LogP contribution < -0.4 is 5.32 Å². The van der Waals surface area contributed by atoms with Crippen molar-refractivity contribution >= 4 is 5.91 Å². The SMILES string of the molecule is Cc1cc(-n2c(C)cc(C(=O)NC(C)c3ccc(F)c(F)c3)c2C)no1. The normalized spacial score (nSPS) is 12.2. The fourth-order valence-corrected chi connectivity index (χ4v) is 2.94. The average Bonchev–Trinajstić information content (AvgIpc) is 3.12. The van der Waals surface area contributed by atoms with Crippen LogP contribution in [0.3, 0.4) is 0 Å². The van der Waals surface area contributed by atoms with E-state index in [-0.39, 0.29) is 5.91 Å². The van der Waals surface area contributed by atoms with E-state index >= 15 is 0 Å². The summed E-state index contributed by atoms with van der Waals surface area (Å²) in [5, 5.41) is 6.80. The second kappa shape index (κ2) is 6.74. The summed E-state index contributed by atoms with van der Waals surface area (Å²) in [6.45, 7) is 7.19. The second-order valence-electron chi connectivity index (χ2n) is 6.28. The molecule has 0 bridgehead atoms. The van der Waals surface area contributed by atoms with Gasteiger partial charge in [0.2, 0.25) is 0 Å². The molecule has 0 aliphatic rings. The van der Waals surface area contributed by atoms with E-state index in [9.17, 15) is 13.6 Å². The first kappa shape index (κ1) is 17.8. The second-order valence-corrected chi connectivity index (χ2v) is 6.28. The van der Waals surface area contributed by atoms with Gasteiger partial charge in [0.05, 0.1) is 11.6 Å². The van der Waals surface area contributed by atoms with Gasteiger partial charge in [0.1, 0.15) is 5.76 Å². The van der Waals surface area contributed by atoms with Crippen LogP contribution in [-0.2, 0) is 0 Å². The number of hydrogen-bond acceptors (Lipinski definition) is 3. The minimum absolute atomic E-state index is 0.304. The molecule has 0 aliphatic heterocycles. The summed E-state index contributed by atoms with van der Waals surface area (Å²) < 4.78 is 33.4. The summed E-state index contributed by atoms with van der Waals surface area (Å²) in [7, 11) is 0. The molecular formula is C19H19F2N3O2. The van der Waals surface area contributed by atoms with Crippen molar-refractivity contribution in [3.63, 3.8) is 0 Å². The minimum atomic E-state index is -0.942. The average molecular weight is 359 g/mol. The largest absolute Gasteiger partial charge is 0.360 e. The predicted molar refractivity (Wildman–Crippen MR) is 92.3 cm³/mol.